The van der Waals surface area contributed by atoms with Gasteiger partial charge in [0.1, 0.15) is 5.82 Å². The molecule has 5 heteroatoms. The van der Waals surface area contributed by atoms with Crippen LogP contribution in [0.4, 0.5) is 4.39 Å². The fourth-order valence-corrected chi connectivity index (χ4v) is 2.61. The first kappa shape index (κ1) is 17.2. The minimum Gasteiger partial charge on any atom is -0.382 e. The third-order valence-corrected chi connectivity index (χ3v) is 3.72. The predicted molar refractivity (Wildman–Crippen MR) is 88.6 cm³/mol. The zero-order chi connectivity index (χ0) is 16.8. The fourth-order valence-electron chi connectivity index (χ4n) is 2.61. The van der Waals surface area contributed by atoms with Gasteiger partial charge in [-0.2, -0.15) is 0 Å². The predicted octanol–water partition coefficient (Wildman–Crippen LogP) is 3.39. The molecule has 0 saturated carbocycles. The minimum absolute atomic E-state index is 0.141. The van der Waals surface area contributed by atoms with Crippen LogP contribution in [0.1, 0.15) is 35.1 Å². The summed E-state index contributed by atoms with van der Waals surface area (Å²) in [4.78, 5) is 12.3. The summed E-state index contributed by atoms with van der Waals surface area (Å²) in [7, 11) is 0. The molecule has 0 spiro atoms. The molecule has 1 amide bonds. The van der Waals surface area contributed by atoms with E-state index in [1.807, 2.05) is 20.8 Å². The highest BCUT2D eigenvalue weighted by atomic mass is 19.1. The number of hydrogen-bond acceptors (Lipinski definition) is 2. The number of nitrogens with one attached hydrogen (secondary N) is 1. The Morgan fingerprint density at radius 1 is 1.30 bits per heavy atom. The maximum Gasteiger partial charge on any atom is 0.253 e. The summed E-state index contributed by atoms with van der Waals surface area (Å²) >= 11 is 0. The van der Waals surface area contributed by atoms with Gasteiger partial charge in [-0.25, -0.2) is 4.39 Å². The van der Waals surface area contributed by atoms with E-state index in [-0.39, 0.29) is 11.7 Å². The summed E-state index contributed by atoms with van der Waals surface area (Å²) in [5, 5.41) is 2.88. The first-order valence-electron chi connectivity index (χ1n) is 7.86. The van der Waals surface area contributed by atoms with Gasteiger partial charge in [0, 0.05) is 31.1 Å². The van der Waals surface area contributed by atoms with Crippen LogP contribution in [0.2, 0.25) is 0 Å². The van der Waals surface area contributed by atoms with Gasteiger partial charge in [-0.1, -0.05) is 12.1 Å². The smallest absolute Gasteiger partial charge is 0.253 e. The van der Waals surface area contributed by atoms with Crippen LogP contribution >= 0.6 is 0 Å². The first-order chi connectivity index (χ1) is 11.1. The summed E-state index contributed by atoms with van der Waals surface area (Å²) in [5.41, 5.74) is 2.59. The molecule has 1 aromatic carbocycles. The summed E-state index contributed by atoms with van der Waals surface area (Å²) in [6.45, 7) is 7.50. The second kappa shape index (κ2) is 7.92. The number of halogens is 1. The maximum absolute atomic E-state index is 14.0. The van der Waals surface area contributed by atoms with Crippen LogP contribution in [0.25, 0.3) is 5.69 Å². The number of rotatable bonds is 7. The van der Waals surface area contributed by atoms with Crippen molar-refractivity contribution in [1.29, 1.82) is 0 Å². The Kier molecular flexibility index (Phi) is 5.93. The van der Waals surface area contributed by atoms with Crippen molar-refractivity contribution in [3.05, 3.63) is 53.1 Å². The molecule has 0 radical (unpaired) electrons. The van der Waals surface area contributed by atoms with E-state index in [2.05, 4.69) is 5.32 Å². The Bertz CT molecular complexity index is 680. The van der Waals surface area contributed by atoms with Gasteiger partial charge in [-0.3, -0.25) is 4.79 Å². The number of carbonyl (C=O) groups is 1. The van der Waals surface area contributed by atoms with Gasteiger partial charge in [0.2, 0.25) is 0 Å². The number of aromatic nitrogens is 1. The van der Waals surface area contributed by atoms with E-state index in [0.29, 0.717) is 31.0 Å². The average Bonchev–Trinajstić information content (AvgIpc) is 2.83. The summed E-state index contributed by atoms with van der Waals surface area (Å²) in [5.74, 6) is -0.449. The molecular weight excluding hydrogens is 295 g/mol. The zero-order valence-electron chi connectivity index (χ0n) is 13.9. The quantitative estimate of drug-likeness (QED) is 0.795. The second-order valence-corrected chi connectivity index (χ2v) is 5.38. The molecule has 1 N–H and O–H groups in total. The molecule has 0 aliphatic heterocycles. The third kappa shape index (κ3) is 3.99. The number of aryl methyl sites for hydroxylation is 1. The summed E-state index contributed by atoms with van der Waals surface area (Å²) in [6, 6.07) is 8.35. The molecule has 0 aliphatic carbocycles. The molecule has 4 nitrogen and oxygen atoms in total. The lowest BCUT2D eigenvalue weighted by molar-refractivity contribution is 0.0943. The van der Waals surface area contributed by atoms with Crippen LogP contribution in [0.5, 0.6) is 0 Å². The molecule has 2 rings (SSSR count). The molecule has 23 heavy (non-hydrogen) atoms. The van der Waals surface area contributed by atoms with E-state index in [0.717, 1.165) is 17.8 Å². The van der Waals surface area contributed by atoms with Gasteiger partial charge in [0.15, 0.2) is 0 Å². The lowest BCUT2D eigenvalue weighted by atomic mass is 10.2. The molecule has 0 aliphatic rings. The number of para-hydroxylation sites is 1. The van der Waals surface area contributed by atoms with Crippen molar-refractivity contribution in [2.45, 2.75) is 27.2 Å². The topological polar surface area (TPSA) is 43.3 Å². The van der Waals surface area contributed by atoms with E-state index in [4.69, 9.17) is 4.74 Å². The molecule has 2 aromatic rings. The van der Waals surface area contributed by atoms with Crippen LogP contribution in [0.15, 0.2) is 30.3 Å². The molecule has 0 bridgehead atoms. The van der Waals surface area contributed by atoms with Gasteiger partial charge >= 0.3 is 0 Å². The van der Waals surface area contributed by atoms with Crippen LogP contribution in [0.3, 0.4) is 0 Å². The number of hydrogen-bond donors (Lipinski definition) is 1. The van der Waals surface area contributed by atoms with Gasteiger partial charge in [-0.15, -0.1) is 0 Å². The van der Waals surface area contributed by atoms with Crippen molar-refractivity contribution in [2.24, 2.45) is 0 Å². The van der Waals surface area contributed by atoms with E-state index in [1.54, 1.807) is 28.8 Å². The number of ether oxygens (including phenoxy) is 1. The van der Waals surface area contributed by atoms with E-state index in [1.165, 1.54) is 6.07 Å². The SMILES string of the molecule is CCOCCCNC(=O)c1cc(C)n(-c2ccccc2F)c1C. The van der Waals surface area contributed by atoms with E-state index < -0.39 is 0 Å². The van der Waals surface area contributed by atoms with Gasteiger partial charge < -0.3 is 14.6 Å². The van der Waals surface area contributed by atoms with Crippen molar-refractivity contribution in [2.75, 3.05) is 19.8 Å². The van der Waals surface area contributed by atoms with E-state index in [9.17, 15) is 9.18 Å². The first-order valence-corrected chi connectivity index (χ1v) is 7.86. The van der Waals surface area contributed by atoms with Crippen molar-refractivity contribution in [1.82, 2.24) is 9.88 Å². The molecular formula is C18H23FN2O2. The Morgan fingerprint density at radius 2 is 2.04 bits per heavy atom. The third-order valence-electron chi connectivity index (χ3n) is 3.72. The lowest BCUT2D eigenvalue weighted by Gasteiger charge is -2.11. The summed E-state index contributed by atoms with van der Waals surface area (Å²) in [6.07, 6.45) is 0.769. The molecule has 124 valence electrons. The highest BCUT2D eigenvalue weighted by Crippen LogP contribution is 2.22. The number of nitrogens with zero attached hydrogens (tertiary/aromatic N) is 1. The van der Waals surface area contributed by atoms with Crippen molar-refractivity contribution in [3.63, 3.8) is 0 Å². The molecule has 1 heterocycles. The Labute approximate surface area is 136 Å². The van der Waals surface area contributed by atoms with E-state index >= 15 is 0 Å². The number of carbonyl (C=O) groups excluding carboxylic acids is 1. The average molecular weight is 318 g/mol. The highest BCUT2D eigenvalue weighted by molar-refractivity contribution is 5.95. The lowest BCUT2D eigenvalue weighted by Crippen LogP contribution is -2.25. The van der Waals surface area contributed by atoms with Crippen molar-refractivity contribution >= 4 is 5.91 Å². The molecule has 0 fully saturated rings. The van der Waals surface area contributed by atoms with Gasteiger partial charge in [0.05, 0.1) is 11.3 Å². The Hall–Kier alpha value is -2.14. The van der Waals surface area contributed by atoms with Crippen LogP contribution in [0, 0.1) is 19.7 Å². The fraction of sp³-hybridized carbons (Fsp3) is 0.389. The molecule has 0 atom stereocenters. The minimum atomic E-state index is -0.307. The highest BCUT2D eigenvalue weighted by Gasteiger charge is 2.17. The monoisotopic (exact) mass is 318 g/mol. The maximum atomic E-state index is 14.0. The largest absolute Gasteiger partial charge is 0.382 e. The Balaban J connectivity index is 2.15. The van der Waals surface area contributed by atoms with Crippen molar-refractivity contribution < 1.29 is 13.9 Å². The second-order valence-electron chi connectivity index (χ2n) is 5.38. The van der Waals surface area contributed by atoms with Crippen molar-refractivity contribution in [3.8, 4) is 5.69 Å². The zero-order valence-corrected chi connectivity index (χ0v) is 13.9. The Morgan fingerprint density at radius 3 is 2.74 bits per heavy atom. The van der Waals surface area contributed by atoms with Crippen LogP contribution in [-0.2, 0) is 4.74 Å². The van der Waals surface area contributed by atoms with Gasteiger partial charge in [0.25, 0.3) is 5.91 Å². The normalized spacial score (nSPS) is 10.8. The van der Waals surface area contributed by atoms with Gasteiger partial charge in [-0.05, 0) is 45.4 Å². The number of amides is 1. The summed E-state index contributed by atoms with van der Waals surface area (Å²) < 4.78 is 21.0. The molecule has 0 saturated heterocycles. The number of benzene rings is 1. The van der Waals surface area contributed by atoms with Crippen LogP contribution < -0.4 is 5.32 Å². The molecule has 1 aromatic heterocycles. The molecule has 0 unspecified atom stereocenters. The van der Waals surface area contributed by atoms with Crippen LogP contribution in [-0.4, -0.2) is 30.2 Å². The standard InChI is InChI=1S/C18H23FN2O2/c1-4-23-11-7-10-20-18(22)15-12-13(2)21(14(15)3)17-9-6-5-8-16(17)19/h5-6,8-9,12H,4,7,10-11H2,1-3H3,(H,20,22).